The van der Waals surface area contributed by atoms with Crippen LogP contribution >= 0.6 is 0 Å². The number of nitrogens with zero attached hydrogens (tertiary/aromatic N) is 2. The molecule has 0 saturated heterocycles. The van der Waals surface area contributed by atoms with Gasteiger partial charge in [0.1, 0.15) is 10.6 Å². The minimum Gasteiger partial charge on any atom is -0.504 e. The third kappa shape index (κ3) is 2.75. The second kappa shape index (κ2) is 5.95. The summed E-state index contributed by atoms with van der Waals surface area (Å²) in [5.41, 5.74) is -2.12. The number of aliphatic hydroxyl groups is 1. The Labute approximate surface area is 153 Å². The number of methoxy groups -OCH3 is 1. The van der Waals surface area contributed by atoms with Crippen molar-refractivity contribution in [3.8, 4) is 5.88 Å². The Hall–Kier alpha value is -2.62. The summed E-state index contributed by atoms with van der Waals surface area (Å²) in [6.07, 6.45) is -3.65. The Morgan fingerprint density at radius 3 is 2.44 bits per heavy atom. The molecule has 0 atom stereocenters. The number of hydrogen-bond donors (Lipinski definition) is 1. The van der Waals surface area contributed by atoms with E-state index in [0.29, 0.717) is 0 Å². The molecule has 0 spiro atoms. The topological polar surface area (TPSA) is 89.4 Å². The van der Waals surface area contributed by atoms with Gasteiger partial charge in [-0.05, 0) is 26.0 Å². The van der Waals surface area contributed by atoms with Gasteiger partial charge in [-0.2, -0.15) is 13.2 Å². The van der Waals surface area contributed by atoms with E-state index in [4.69, 9.17) is 4.74 Å². The van der Waals surface area contributed by atoms with E-state index in [1.807, 2.05) is 0 Å². The number of alkyl halides is 3. The predicted octanol–water partition coefficient (Wildman–Crippen LogP) is 3.55. The molecule has 144 valence electrons. The molecule has 0 bridgehead atoms. The van der Waals surface area contributed by atoms with Gasteiger partial charge < -0.3 is 9.84 Å². The zero-order chi connectivity index (χ0) is 20.2. The number of halogens is 3. The predicted molar refractivity (Wildman–Crippen MR) is 91.4 cm³/mol. The molecule has 3 heterocycles. The minimum atomic E-state index is -4.97. The van der Waals surface area contributed by atoms with E-state index in [1.54, 1.807) is 0 Å². The van der Waals surface area contributed by atoms with Crippen molar-refractivity contribution in [3.05, 3.63) is 53.0 Å². The van der Waals surface area contributed by atoms with Crippen molar-refractivity contribution in [2.45, 2.75) is 24.8 Å². The van der Waals surface area contributed by atoms with E-state index < -0.39 is 42.7 Å². The summed E-state index contributed by atoms with van der Waals surface area (Å²) in [6.45, 7) is 2.69. The van der Waals surface area contributed by atoms with E-state index >= 15 is 0 Å². The molecule has 0 radical (unpaired) electrons. The lowest BCUT2D eigenvalue weighted by atomic mass is 9.97. The molecule has 2 aromatic heterocycles. The highest BCUT2D eigenvalue weighted by molar-refractivity contribution is 8.01. The van der Waals surface area contributed by atoms with Crippen LogP contribution in [-0.4, -0.2) is 30.6 Å². The van der Waals surface area contributed by atoms with Crippen molar-refractivity contribution >= 4 is 20.5 Å². The number of aromatic nitrogens is 2. The Morgan fingerprint density at radius 1 is 1.19 bits per heavy atom. The first-order chi connectivity index (χ1) is 12.4. The summed E-state index contributed by atoms with van der Waals surface area (Å²) < 4.78 is 70.1. The number of rotatable bonds is 2. The first-order valence-electron chi connectivity index (χ1n) is 7.69. The molecule has 10 heteroatoms. The van der Waals surface area contributed by atoms with Gasteiger partial charge in [-0.3, -0.25) is 4.98 Å². The van der Waals surface area contributed by atoms with Gasteiger partial charge in [-0.1, -0.05) is 6.07 Å². The molecule has 0 amide bonds. The second-order valence-electron chi connectivity index (χ2n) is 6.34. The van der Waals surface area contributed by atoms with E-state index in [-0.39, 0.29) is 17.1 Å². The van der Waals surface area contributed by atoms with Gasteiger partial charge in [0.15, 0.2) is 21.3 Å². The molecule has 1 aliphatic heterocycles. The Balaban J connectivity index is 2.45. The van der Waals surface area contributed by atoms with E-state index in [9.17, 15) is 26.7 Å². The molecule has 0 unspecified atom stereocenters. The lowest BCUT2D eigenvalue weighted by molar-refractivity contribution is -0.141. The van der Waals surface area contributed by atoms with E-state index in [1.165, 1.54) is 32.2 Å². The molecule has 0 aromatic carbocycles. The number of ether oxygens (including phenoxy) is 1. The normalized spacial score (nSPS) is 18.1. The number of aliphatic hydroxyl groups excluding tert-OH is 1. The van der Waals surface area contributed by atoms with Crippen molar-refractivity contribution < 1.29 is 31.4 Å². The fourth-order valence-corrected chi connectivity index (χ4v) is 4.71. The fourth-order valence-electron chi connectivity index (χ4n) is 2.94. The van der Waals surface area contributed by atoms with Gasteiger partial charge in [-0.25, -0.2) is 13.4 Å². The smallest absolute Gasteiger partial charge is 0.434 e. The van der Waals surface area contributed by atoms with Crippen LogP contribution < -0.4 is 4.74 Å². The molecular weight excluding hydrogens is 385 g/mol. The highest BCUT2D eigenvalue weighted by atomic mass is 32.2. The van der Waals surface area contributed by atoms with E-state index in [0.717, 1.165) is 19.2 Å². The molecule has 3 rings (SSSR count). The van der Waals surface area contributed by atoms with Crippen molar-refractivity contribution in [3.63, 3.8) is 0 Å². The second-order valence-corrected chi connectivity index (χ2v) is 8.77. The number of pyridine rings is 2. The minimum absolute atomic E-state index is 0.0868. The molecule has 2 aromatic rings. The van der Waals surface area contributed by atoms with E-state index in [2.05, 4.69) is 9.97 Å². The summed E-state index contributed by atoms with van der Waals surface area (Å²) in [5, 5.41) is 10.6. The third-order valence-corrected chi connectivity index (χ3v) is 6.94. The first-order valence-corrected chi connectivity index (χ1v) is 9.17. The summed E-state index contributed by atoms with van der Waals surface area (Å²) in [7, 11) is -3.27. The summed E-state index contributed by atoms with van der Waals surface area (Å²) >= 11 is 0. The first kappa shape index (κ1) is 19.2. The Bertz CT molecular complexity index is 1060. The Kier molecular flexibility index (Phi) is 4.22. The summed E-state index contributed by atoms with van der Waals surface area (Å²) in [4.78, 5) is 6.47. The van der Waals surface area contributed by atoms with Crippen molar-refractivity contribution in [2.75, 3.05) is 7.11 Å². The number of fused-ring (bicyclic) bond motifs is 1. The van der Waals surface area contributed by atoms with Crippen LogP contribution in [0.1, 0.15) is 36.4 Å². The van der Waals surface area contributed by atoms with Gasteiger partial charge in [0.05, 0.1) is 11.9 Å². The number of sulfone groups is 1. The molecule has 0 saturated carbocycles. The van der Waals surface area contributed by atoms with Crippen LogP contribution in [0.25, 0.3) is 10.7 Å². The van der Waals surface area contributed by atoms with Crippen LogP contribution in [0.4, 0.5) is 13.2 Å². The van der Waals surface area contributed by atoms with Crippen LogP contribution in [0.2, 0.25) is 0 Å². The maximum Gasteiger partial charge on any atom is 0.434 e. The average Bonchev–Trinajstić information content (AvgIpc) is 2.59. The van der Waals surface area contributed by atoms with Gasteiger partial charge in [0, 0.05) is 23.4 Å². The van der Waals surface area contributed by atoms with Gasteiger partial charge >= 0.3 is 6.18 Å². The maximum atomic E-state index is 13.6. The molecule has 1 aliphatic rings. The average molecular weight is 400 g/mol. The highest BCUT2D eigenvalue weighted by Crippen LogP contribution is 2.49. The summed E-state index contributed by atoms with van der Waals surface area (Å²) in [5.74, 6) is -1.18. The molecular formula is C17H15F3N2O4S. The zero-order valence-corrected chi connectivity index (χ0v) is 15.3. The zero-order valence-electron chi connectivity index (χ0n) is 14.5. The molecule has 27 heavy (non-hydrogen) atoms. The van der Waals surface area contributed by atoms with Crippen LogP contribution in [0, 0.1) is 0 Å². The molecule has 0 fully saturated rings. The SMILES string of the molecule is COc1ccc(C2=C(O)c3ncccc3C(C)(C)S2(=O)=O)c(C(F)(F)F)n1. The highest BCUT2D eigenvalue weighted by Gasteiger charge is 2.50. The lowest BCUT2D eigenvalue weighted by Crippen LogP contribution is -2.35. The van der Waals surface area contributed by atoms with Crippen molar-refractivity contribution in [1.29, 1.82) is 0 Å². The number of hydrogen-bond acceptors (Lipinski definition) is 6. The van der Waals surface area contributed by atoms with Gasteiger partial charge in [0.25, 0.3) is 0 Å². The van der Waals surface area contributed by atoms with Crippen LogP contribution in [0.5, 0.6) is 5.88 Å². The van der Waals surface area contributed by atoms with Crippen molar-refractivity contribution in [1.82, 2.24) is 9.97 Å². The third-order valence-electron chi connectivity index (χ3n) is 4.43. The fraction of sp³-hybridized carbons (Fsp3) is 0.294. The van der Waals surface area contributed by atoms with Gasteiger partial charge in [0.2, 0.25) is 5.88 Å². The molecule has 1 N–H and O–H groups in total. The quantitative estimate of drug-likeness (QED) is 0.829. The van der Waals surface area contributed by atoms with Crippen LogP contribution in [0.15, 0.2) is 30.5 Å². The van der Waals surface area contributed by atoms with Gasteiger partial charge in [-0.15, -0.1) is 0 Å². The maximum absolute atomic E-state index is 13.6. The largest absolute Gasteiger partial charge is 0.504 e. The standard InChI is InChI=1S/C17H15F3N2O4S/c1-16(2)10-5-4-8-21-12(10)13(23)14(27(16,24)25)9-6-7-11(26-3)22-15(9)17(18,19)20/h4-8,23H,1-3H3. The van der Waals surface area contributed by atoms with Crippen molar-refractivity contribution in [2.24, 2.45) is 0 Å². The lowest BCUT2D eigenvalue weighted by Gasteiger charge is -2.33. The van der Waals surface area contributed by atoms with Crippen LogP contribution in [0.3, 0.4) is 0 Å². The molecule has 6 nitrogen and oxygen atoms in total. The monoisotopic (exact) mass is 400 g/mol. The Morgan fingerprint density at radius 2 is 1.85 bits per heavy atom. The molecule has 0 aliphatic carbocycles. The van der Waals surface area contributed by atoms with Crippen LogP contribution in [-0.2, 0) is 20.8 Å². The summed E-state index contributed by atoms with van der Waals surface area (Å²) in [6, 6.07) is 4.97.